The standard InChI is InChI=1S/C25H32Cl3NO6S/c1-16(12-26)14-35-24-22(27)10-19(11-23(24)28)25(3,4)18-6-8-21(9-7-18)34-15-20(31)13-29(17(2)30)36(5,32)33/h6-11,16,20,31H,12-15H2,1-5H3/t16-,20-/m0/s1. The van der Waals surface area contributed by atoms with Crippen molar-refractivity contribution < 1.29 is 27.8 Å². The van der Waals surface area contributed by atoms with Crippen LogP contribution >= 0.6 is 34.8 Å². The summed E-state index contributed by atoms with van der Waals surface area (Å²) in [6, 6.07) is 10.9. The number of ether oxygens (including phenoxy) is 2. The lowest BCUT2D eigenvalue weighted by molar-refractivity contribution is -0.125. The number of benzene rings is 2. The predicted molar refractivity (Wildman–Crippen MR) is 144 cm³/mol. The number of halogens is 3. The van der Waals surface area contributed by atoms with Gasteiger partial charge in [0.25, 0.3) is 0 Å². The molecule has 0 saturated heterocycles. The van der Waals surface area contributed by atoms with Crippen LogP contribution in [0.15, 0.2) is 36.4 Å². The molecular formula is C25H32Cl3NO6S. The Kier molecular flexibility index (Phi) is 10.8. The molecule has 0 spiro atoms. The zero-order valence-electron chi connectivity index (χ0n) is 20.9. The van der Waals surface area contributed by atoms with Crippen LogP contribution in [-0.4, -0.2) is 61.7 Å². The molecular weight excluding hydrogens is 549 g/mol. The number of amides is 1. The third-order valence-electron chi connectivity index (χ3n) is 5.64. The number of aliphatic hydroxyl groups is 1. The number of sulfonamides is 1. The summed E-state index contributed by atoms with van der Waals surface area (Å²) in [4.78, 5) is 11.5. The van der Waals surface area contributed by atoms with Gasteiger partial charge in [0, 0.05) is 24.1 Å². The van der Waals surface area contributed by atoms with Crippen molar-refractivity contribution in [1.29, 1.82) is 0 Å². The highest BCUT2D eigenvalue weighted by molar-refractivity contribution is 7.88. The Morgan fingerprint density at radius 1 is 1.06 bits per heavy atom. The summed E-state index contributed by atoms with van der Waals surface area (Å²) >= 11 is 18.8. The smallest absolute Gasteiger partial charge is 0.234 e. The summed E-state index contributed by atoms with van der Waals surface area (Å²) in [5.74, 6) is 0.862. The van der Waals surface area contributed by atoms with Gasteiger partial charge < -0.3 is 14.6 Å². The van der Waals surface area contributed by atoms with E-state index in [1.807, 2.05) is 45.0 Å². The molecule has 0 unspecified atom stereocenters. The normalized spacial score (nSPS) is 13.7. The van der Waals surface area contributed by atoms with Crippen LogP contribution in [0, 0.1) is 5.92 Å². The van der Waals surface area contributed by atoms with Crippen LogP contribution in [0.4, 0.5) is 0 Å². The average Bonchev–Trinajstić information content (AvgIpc) is 2.79. The minimum absolute atomic E-state index is 0.157. The van der Waals surface area contributed by atoms with Gasteiger partial charge in [0.05, 0.1) is 29.5 Å². The summed E-state index contributed by atoms with van der Waals surface area (Å²) in [6.07, 6.45) is -0.275. The molecule has 0 aliphatic carbocycles. The van der Waals surface area contributed by atoms with Gasteiger partial charge in [0.2, 0.25) is 15.9 Å². The van der Waals surface area contributed by atoms with E-state index < -0.39 is 27.4 Å². The second-order valence-electron chi connectivity index (χ2n) is 9.27. The lowest BCUT2D eigenvalue weighted by Gasteiger charge is -2.27. The molecule has 0 aliphatic rings. The monoisotopic (exact) mass is 579 g/mol. The first-order valence-electron chi connectivity index (χ1n) is 11.2. The molecule has 0 bridgehead atoms. The highest BCUT2D eigenvalue weighted by atomic mass is 35.5. The fraction of sp³-hybridized carbons (Fsp3) is 0.480. The molecule has 11 heteroatoms. The van der Waals surface area contributed by atoms with E-state index in [1.54, 1.807) is 12.1 Å². The van der Waals surface area contributed by atoms with E-state index in [0.717, 1.165) is 24.3 Å². The van der Waals surface area contributed by atoms with Gasteiger partial charge in [-0.3, -0.25) is 4.79 Å². The van der Waals surface area contributed by atoms with Gasteiger partial charge >= 0.3 is 0 Å². The Labute approximate surface area is 228 Å². The molecule has 36 heavy (non-hydrogen) atoms. The fourth-order valence-corrected chi connectivity index (χ4v) is 4.99. The summed E-state index contributed by atoms with van der Waals surface area (Å²) in [6.45, 7) is 7.00. The van der Waals surface area contributed by atoms with Crippen molar-refractivity contribution in [2.24, 2.45) is 5.92 Å². The van der Waals surface area contributed by atoms with Crippen LogP contribution in [-0.2, 0) is 20.2 Å². The van der Waals surface area contributed by atoms with Crippen molar-refractivity contribution in [3.63, 3.8) is 0 Å². The second-order valence-corrected chi connectivity index (χ2v) is 12.3. The highest BCUT2D eigenvalue weighted by Gasteiger charge is 2.26. The van der Waals surface area contributed by atoms with E-state index in [1.165, 1.54) is 0 Å². The maximum Gasteiger partial charge on any atom is 0.234 e. The number of hydrogen-bond donors (Lipinski definition) is 1. The molecule has 1 amide bonds. The molecule has 7 nitrogen and oxygen atoms in total. The number of aliphatic hydroxyl groups excluding tert-OH is 1. The van der Waals surface area contributed by atoms with Crippen LogP contribution in [0.5, 0.6) is 11.5 Å². The van der Waals surface area contributed by atoms with E-state index in [2.05, 4.69) is 0 Å². The molecule has 1 N–H and O–H groups in total. The lowest BCUT2D eigenvalue weighted by Crippen LogP contribution is -2.41. The molecule has 2 rings (SSSR count). The van der Waals surface area contributed by atoms with Crippen LogP contribution in [0.2, 0.25) is 10.0 Å². The van der Waals surface area contributed by atoms with Gasteiger partial charge in [0.1, 0.15) is 18.5 Å². The first-order chi connectivity index (χ1) is 16.7. The van der Waals surface area contributed by atoms with Gasteiger partial charge in [-0.15, -0.1) is 11.6 Å². The zero-order valence-corrected chi connectivity index (χ0v) is 24.0. The van der Waals surface area contributed by atoms with Gasteiger partial charge in [-0.05, 0) is 35.4 Å². The molecule has 200 valence electrons. The molecule has 2 aromatic carbocycles. The van der Waals surface area contributed by atoms with Gasteiger partial charge in [0.15, 0.2) is 5.75 Å². The Morgan fingerprint density at radius 3 is 2.08 bits per heavy atom. The molecule has 0 aromatic heterocycles. The summed E-state index contributed by atoms with van der Waals surface area (Å²) in [5.41, 5.74) is 1.40. The number of alkyl halides is 1. The Bertz CT molecular complexity index is 1130. The van der Waals surface area contributed by atoms with Crippen molar-refractivity contribution >= 4 is 50.7 Å². The van der Waals surface area contributed by atoms with Gasteiger partial charge in [-0.1, -0.05) is 56.1 Å². The minimum atomic E-state index is -3.77. The van der Waals surface area contributed by atoms with E-state index in [0.29, 0.717) is 38.3 Å². The van der Waals surface area contributed by atoms with Crippen molar-refractivity contribution in [2.45, 2.75) is 39.2 Å². The number of nitrogens with zero attached hydrogens (tertiary/aromatic N) is 1. The van der Waals surface area contributed by atoms with E-state index >= 15 is 0 Å². The highest BCUT2D eigenvalue weighted by Crippen LogP contribution is 2.40. The second kappa shape index (κ2) is 12.7. The summed E-state index contributed by atoms with van der Waals surface area (Å²) in [7, 11) is -3.77. The number of carbonyl (C=O) groups is 1. The largest absolute Gasteiger partial charge is 0.491 e. The van der Waals surface area contributed by atoms with E-state index in [9.17, 15) is 18.3 Å². The molecule has 0 radical (unpaired) electrons. The van der Waals surface area contributed by atoms with Crippen molar-refractivity contribution in [2.75, 3.05) is 31.9 Å². The van der Waals surface area contributed by atoms with Crippen LogP contribution < -0.4 is 9.47 Å². The molecule has 0 fully saturated rings. The molecule has 0 saturated carbocycles. The number of carbonyl (C=O) groups excluding carboxylic acids is 1. The maximum absolute atomic E-state index is 11.7. The predicted octanol–water partition coefficient (Wildman–Crippen LogP) is 5.12. The summed E-state index contributed by atoms with van der Waals surface area (Å²) in [5, 5.41) is 11.0. The fourth-order valence-electron chi connectivity index (χ4n) is 3.40. The molecule has 0 heterocycles. The van der Waals surface area contributed by atoms with Crippen LogP contribution in [0.3, 0.4) is 0 Å². The van der Waals surface area contributed by atoms with E-state index in [4.69, 9.17) is 44.3 Å². The summed E-state index contributed by atoms with van der Waals surface area (Å²) < 4.78 is 35.3. The van der Waals surface area contributed by atoms with Gasteiger partial charge in [-0.2, -0.15) is 0 Å². The van der Waals surface area contributed by atoms with Crippen molar-refractivity contribution in [3.8, 4) is 11.5 Å². The Morgan fingerprint density at radius 2 is 1.61 bits per heavy atom. The Balaban J connectivity index is 2.10. The third kappa shape index (κ3) is 8.15. The van der Waals surface area contributed by atoms with Gasteiger partial charge in [-0.25, -0.2) is 12.7 Å². The van der Waals surface area contributed by atoms with E-state index in [-0.39, 0.29) is 19.1 Å². The molecule has 2 atom stereocenters. The molecule has 2 aromatic rings. The maximum atomic E-state index is 11.7. The average molecular weight is 581 g/mol. The van der Waals surface area contributed by atoms with Crippen molar-refractivity contribution in [1.82, 2.24) is 4.31 Å². The van der Waals surface area contributed by atoms with Crippen molar-refractivity contribution in [3.05, 3.63) is 57.6 Å². The third-order valence-corrected chi connectivity index (χ3v) is 7.94. The quantitative estimate of drug-likeness (QED) is 0.350. The lowest BCUT2D eigenvalue weighted by atomic mass is 9.78. The minimum Gasteiger partial charge on any atom is -0.491 e. The SMILES string of the molecule is CC(=O)N(C[C@H](O)COc1ccc(C(C)(C)c2cc(Cl)c(OC[C@@H](C)CCl)c(Cl)c2)cc1)S(C)(=O)=O. The van der Waals surface area contributed by atoms with Crippen LogP contribution in [0.25, 0.3) is 0 Å². The topological polar surface area (TPSA) is 93.1 Å². The number of rotatable bonds is 12. The first kappa shape index (κ1) is 30.5. The Hall–Kier alpha value is -1.71. The zero-order chi connectivity index (χ0) is 27.3. The first-order valence-corrected chi connectivity index (χ1v) is 14.4. The van der Waals surface area contributed by atoms with Crippen LogP contribution in [0.1, 0.15) is 38.8 Å². The molecule has 0 aliphatic heterocycles. The number of hydrogen-bond acceptors (Lipinski definition) is 6.